The van der Waals surface area contributed by atoms with Gasteiger partial charge in [0.1, 0.15) is 0 Å². The molecular weight excluding hydrogens is 216 g/mol. The van der Waals surface area contributed by atoms with Gasteiger partial charge in [-0.15, -0.1) is 0 Å². The van der Waals surface area contributed by atoms with Gasteiger partial charge in [0.15, 0.2) is 0 Å². The van der Waals surface area contributed by atoms with Crippen LogP contribution >= 0.6 is 0 Å². The zero-order chi connectivity index (χ0) is 12.4. The van der Waals surface area contributed by atoms with Crippen molar-refractivity contribution in [2.75, 3.05) is 11.9 Å². The predicted molar refractivity (Wildman–Crippen MR) is 65.6 cm³/mol. The Labute approximate surface area is 101 Å². The topological polar surface area (TPSA) is 49.4 Å². The number of amides is 2. The van der Waals surface area contributed by atoms with Crippen LogP contribution in [-0.4, -0.2) is 18.9 Å². The van der Waals surface area contributed by atoms with E-state index in [1.54, 1.807) is 0 Å². The maximum atomic E-state index is 11.6. The number of nitrogens with zero attached hydrogens (tertiary/aromatic N) is 1. The Morgan fingerprint density at radius 1 is 1.12 bits per heavy atom. The molecule has 2 amide bonds. The highest BCUT2D eigenvalue weighted by molar-refractivity contribution is 6.19. The van der Waals surface area contributed by atoms with Crippen LogP contribution in [0, 0.1) is 0 Å². The molecule has 90 valence electrons. The average molecular weight is 232 g/mol. The predicted octanol–water partition coefficient (Wildman–Crippen LogP) is 1.62. The molecule has 2 rings (SSSR count). The fourth-order valence-corrected chi connectivity index (χ4v) is 1.94. The molecule has 0 bridgehead atoms. The Hall–Kier alpha value is -1.68. The molecule has 17 heavy (non-hydrogen) atoms. The molecule has 1 fully saturated rings. The lowest BCUT2D eigenvalue weighted by atomic mass is 10.1. The summed E-state index contributed by atoms with van der Waals surface area (Å²) in [5, 5.41) is 3.14. The van der Waals surface area contributed by atoms with Crippen molar-refractivity contribution in [2.24, 2.45) is 0 Å². The van der Waals surface area contributed by atoms with Crippen molar-refractivity contribution in [1.82, 2.24) is 5.32 Å². The Bertz CT molecular complexity index is 423. The second-order valence-corrected chi connectivity index (χ2v) is 4.22. The zero-order valence-electron chi connectivity index (χ0n) is 10.1. The van der Waals surface area contributed by atoms with E-state index in [9.17, 15) is 9.59 Å². The minimum Gasteiger partial charge on any atom is -0.313 e. The monoisotopic (exact) mass is 232 g/mol. The summed E-state index contributed by atoms with van der Waals surface area (Å²) >= 11 is 0. The standard InChI is InChI=1S/C13H16N2O2/c1-9(14-2)10-3-5-11(6-4-10)15-12(16)7-8-13(15)17/h3-6,9,14H,7-8H2,1-2H3. The Kier molecular flexibility index (Phi) is 3.24. The normalized spacial score (nSPS) is 17.6. The highest BCUT2D eigenvalue weighted by Gasteiger charge is 2.30. The van der Waals surface area contributed by atoms with Crippen molar-refractivity contribution in [3.63, 3.8) is 0 Å². The number of nitrogens with one attached hydrogen (secondary N) is 1. The number of benzene rings is 1. The van der Waals surface area contributed by atoms with E-state index < -0.39 is 0 Å². The van der Waals surface area contributed by atoms with Crippen LogP contribution in [0.25, 0.3) is 0 Å². The molecule has 1 heterocycles. The summed E-state index contributed by atoms with van der Waals surface area (Å²) < 4.78 is 0. The molecule has 1 aromatic carbocycles. The number of carbonyl (C=O) groups excluding carboxylic acids is 2. The SMILES string of the molecule is CNC(C)c1ccc(N2C(=O)CCC2=O)cc1. The maximum absolute atomic E-state index is 11.6. The minimum atomic E-state index is -0.107. The van der Waals surface area contributed by atoms with Gasteiger partial charge in [-0.25, -0.2) is 0 Å². The van der Waals surface area contributed by atoms with Crippen molar-refractivity contribution < 1.29 is 9.59 Å². The van der Waals surface area contributed by atoms with Crippen LogP contribution in [-0.2, 0) is 9.59 Å². The fraction of sp³-hybridized carbons (Fsp3) is 0.385. The van der Waals surface area contributed by atoms with Gasteiger partial charge in [-0.3, -0.25) is 14.5 Å². The van der Waals surface area contributed by atoms with Crippen molar-refractivity contribution in [2.45, 2.75) is 25.8 Å². The zero-order valence-corrected chi connectivity index (χ0v) is 10.1. The van der Waals surface area contributed by atoms with Crippen LogP contribution < -0.4 is 10.2 Å². The molecule has 1 aliphatic rings. The second kappa shape index (κ2) is 4.67. The van der Waals surface area contributed by atoms with E-state index in [1.807, 2.05) is 31.3 Å². The molecular formula is C13H16N2O2. The van der Waals surface area contributed by atoms with E-state index in [-0.39, 0.29) is 17.9 Å². The van der Waals surface area contributed by atoms with Crippen LogP contribution in [0.15, 0.2) is 24.3 Å². The van der Waals surface area contributed by atoms with E-state index in [2.05, 4.69) is 12.2 Å². The molecule has 0 radical (unpaired) electrons. The lowest BCUT2D eigenvalue weighted by molar-refractivity contribution is -0.121. The molecule has 1 unspecified atom stereocenters. The second-order valence-electron chi connectivity index (χ2n) is 4.22. The quantitative estimate of drug-likeness (QED) is 0.806. The first-order chi connectivity index (χ1) is 8.13. The first-order valence-corrected chi connectivity index (χ1v) is 5.76. The van der Waals surface area contributed by atoms with E-state index in [4.69, 9.17) is 0 Å². The van der Waals surface area contributed by atoms with Gasteiger partial charge < -0.3 is 5.32 Å². The first kappa shape index (κ1) is 11.8. The summed E-state index contributed by atoms with van der Waals surface area (Å²) in [5.74, 6) is -0.214. The molecule has 1 aliphatic heterocycles. The first-order valence-electron chi connectivity index (χ1n) is 5.76. The minimum absolute atomic E-state index is 0.107. The summed E-state index contributed by atoms with van der Waals surface area (Å²) in [5.41, 5.74) is 1.81. The van der Waals surface area contributed by atoms with Crippen LogP contribution in [0.5, 0.6) is 0 Å². The largest absolute Gasteiger partial charge is 0.313 e. The van der Waals surface area contributed by atoms with Crippen molar-refractivity contribution in [1.29, 1.82) is 0 Å². The van der Waals surface area contributed by atoms with E-state index >= 15 is 0 Å². The molecule has 1 aromatic rings. The van der Waals surface area contributed by atoms with E-state index in [1.165, 1.54) is 4.90 Å². The Morgan fingerprint density at radius 3 is 2.12 bits per heavy atom. The van der Waals surface area contributed by atoms with Gasteiger partial charge >= 0.3 is 0 Å². The van der Waals surface area contributed by atoms with E-state index in [0.29, 0.717) is 18.5 Å². The van der Waals surface area contributed by atoms with E-state index in [0.717, 1.165) is 5.56 Å². The van der Waals surface area contributed by atoms with Crippen LogP contribution in [0.1, 0.15) is 31.4 Å². The maximum Gasteiger partial charge on any atom is 0.234 e. The summed E-state index contributed by atoms with van der Waals surface area (Å²) in [7, 11) is 1.89. The van der Waals surface area contributed by atoms with Gasteiger partial charge in [0.25, 0.3) is 0 Å². The van der Waals surface area contributed by atoms with Gasteiger partial charge in [0.05, 0.1) is 5.69 Å². The summed E-state index contributed by atoms with van der Waals surface area (Å²) in [6.07, 6.45) is 0.654. The number of hydrogen-bond acceptors (Lipinski definition) is 3. The molecule has 1 N–H and O–H groups in total. The highest BCUT2D eigenvalue weighted by atomic mass is 16.2. The number of rotatable bonds is 3. The molecule has 0 aromatic heterocycles. The van der Waals surface area contributed by atoms with Crippen molar-refractivity contribution in [3.8, 4) is 0 Å². The molecule has 4 nitrogen and oxygen atoms in total. The third-order valence-electron chi connectivity index (χ3n) is 3.14. The lowest BCUT2D eigenvalue weighted by Gasteiger charge is -2.16. The third kappa shape index (κ3) is 2.22. The number of anilines is 1. The lowest BCUT2D eigenvalue weighted by Crippen LogP contribution is -2.28. The van der Waals surface area contributed by atoms with Crippen molar-refractivity contribution in [3.05, 3.63) is 29.8 Å². The highest BCUT2D eigenvalue weighted by Crippen LogP contribution is 2.24. The van der Waals surface area contributed by atoms with Gasteiger partial charge in [0, 0.05) is 18.9 Å². The van der Waals surface area contributed by atoms with Crippen LogP contribution in [0.2, 0.25) is 0 Å². The van der Waals surface area contributed by atoms with Crippen molar-refractivity contribution >= 4 is 17.5 Å². The average Bonchev–Trinajstić information content (AvgIpc) is 2.68. The summed E-state index contributed by atoms with van der Waals surface area (Å²) in [4.78, 5) is 24.4. The summed E-state index contributed by atoms with van der Waals surface area (Å²) in [6.45, 7) is 2.06. The third-order valence-corrected chi connectivity index (χ3v) is 3.14. The van der Waals surface area contributed by atoms with Gasteiger partial charge in [-0.05, 0) is 31.7 Å². The molecule has 0 spiro atoms. The molecule has 0 aliphatic carbocycles. The molecule has 1 atom stereocenters. The van der Waals surface area contributed by atoms with Crippen LogP contribution in [0.4, 0.5) is 5.69 Å². The summed E-state index contributed by atoms with van der Waals surface area (Å²) in [6, 6.07) is 7.79. The smallest absolute Gasteiger partial charge is 0.234 e. The molecule has 1 saturated heterocycles. The molecule has 4 heteroatoms. The number of imide groups is 1. The molecule has 0 saturated carbocycles. The fourth-order valence-electron chi connectivity index (χ4n) is 1.94. The van der Waals surface area contributed by atoms with Crippen LogP contribution in [0.3, 0.4) is 0 Å². The van der Waals surface area contributed by atoms with Gasteiger partial charge in [0.2, 0.25) is 11.8 Å². The Balaban J connectivity index is 2.23. The van der Waals surface area contributed by atoms with Gasteiger partial charge in [-0.1, -0.05) is 12.1 Å². The Morgan fingerprint density at radius 2 is 1.65 bits per heavy atom. The van der Waals surface area contributed by atoms with Gasteiger partial charge in [-0.2, -0.15) is 0 Å². The number of hydrogen-bond donors (Lipinski definition) is 1. The number of carbonyl (C=O) groups is 2.